The second-order valence-electron chi connectivity index (χ2n) is 5.28. The molecule has 2 rings (SSSR count). The van der Waals surface area contributed by atoms with E-state index in [4.69, 9.17) is 5.73 Å². The standard InChI is InChI=1S/C12H22N4O2S/c1-4-5-15-8-12(14-10(15)3)19(17,18)16-6-9(2)11(13)7-16/h8-9,11H,4-7,13H2,1-3H3. The van der Waals surface area contributed by atoms with Gasteiger partial charge in [-0.1, -0.05) is 13.8 Å². The molecular weight excluding hydrogens is 264 g/mol. The SMILES string of the molecule is CCCn1cc(S(=O)(=O)N2CC(C)C(N)C2)nc1C. The third kappa shape index (κ3) is 2.68. The number of nitrogens with zero attached hydrogens (tertiary/aromatic N) is 3. The average Bonchev–Trinajstić information content (AvgIpc) is 2.86. The molecule has 108 valence electrons. The maximum atomic E-state index is 12.5. The molecule has 0 amide bonds. The molecule has 2 N–H and O–H groups in total. The van der Waals surface area contributed by atoms with Crippen molar-refractivity contribution in [1.82, 2.24) is 13.9 Å². The zero-order valence-electron chi connectivity index (χ0n) is 11.7. The van der Waals surface area contributed by atoms with Crippen molar-refractivity contribution in [1.29, 1.82) is 0 Å². The molecule has 1 aliphatic heterocycles. The Labute approximate surface area is 114 Å². The van der Waals surface area contributed by atoms with E-state index in [2.05, 4.69) is 11.9 Å². The predicted molar refractivity (Wildman–Crippen MR) is 73.2 cm³/mol. The molecule has 2 atom stereocenters. The number of aryl methyl sites for hydroxylation is 2. The van der Waals surface area contributed by atoms with Crippen molar-refractivity contribution in [3.63, 3.8) is 0 Å². The first-order chi connectivity index (χ1) is 8.86. The van der Waals surface area contributed by atoms with Gasteiger partial charge in [0.05, 0.1) is 0 Å². The molecule has 1 aliphatic rings. The Balaban J connectivity index is 2.27. The number of nitrogens with two attached hydrogens (primary N) is 1. The number of aromatic nitrogens is 2. The summed E-state index contributed by atoms with van der Waals surface area (Å²) in [5.74, 6) is 0.922. The third-order valence-corrected chi connectivity index (χ3v) is 5.36. The molecule has 0 bridgehead atoms. The Morgan fingerprint density at radius 3 is 2.68 bits per heavy atom. The van der Waals surface area contributed by atoms with Crippen molar-refractivity contribution in [2.75, 3.05) is 13.1 Å². The highest BCUT2D eigenvalue weighted by Gasteiger charge is 2.36. The second kappa shape index (κ2) is 5.22. The molecule has 0 radical (unpaired) electrons. The molecule has 19 heavy (non-hydrogen) atoms. The fourth-order valence-electron chi connectivity index (χ4n) is 2.35. The van der Waals surface area contributed by atoms with Crippen LogP contribution in [-0.4, -0.2) is 41.4 Å². The minimum Gasteiger partial charge on any atom is -0.334 e. The Hall–Kier alpha value is -0.920. The summed E-state index contributed by atoms with van der Waals surface area (Å²) in [5, 5.41) is 0.139. The first-order valence-corrected chi connectivity index (χ1v) is 8.09. The van der Waals surface area contributed by atoms with Crippen LogP contribution in [0.25, 0.3) is 0 Å². The van der Waals surface area contributed by atoms with Gasteiger partial charge >= 0.3 is 0 Å². The van der Waals surface area contributed by atoms with Crippen LogP contribution in [0.5, 0.6) is 0 Å². The van der Waals surface area contributed by atoms with E-state index in [1.807, 2.05) is 18.4 Å². The summed E-state index contributed by atoms with van der Waals surface area (Å²) >= 11 is 0. The van der Waals surface area contributed by atoms with E-state index in [0.717, 1.165) is 18.8 Å². The summed E-state index contributed by atoms with van der Waals surface area (Å²) < 4.78 is 28.3. The molecule has 7 heteroatoms. The van der Waals surface area contributed by atoms with Crippen LogP contribution in [0.1, 0.15) is 26.1 Å². The Morgan fingerprint density at radius 1 is 1.47 bits per heavy atom. The summed E-state index contributed by atoms with van der Waals surface area (Å²) in [5.41, 5.74) is 5.89. The molecule has 0 saturated carbocycles. The van der Waals surface area contributed by atoms with Crippen molar-refractivity contribution < 1.29 is 8.42 Å². The number of rotatable bonds is 4. The van der Waals surface area contributed by atoms with Crippen LogP contribution in [0.3, 0.4) is 0 Å². The molecule has 1 aromatic rings. The van der Waals surface area contributed by atoms with Crippen molar-refractivity contribution in [3.8, 4) is 0 Å². The molecule has 2 heterocycles. The van der Waals surface area contributed by atoms with Crippen LogP contribution in [0.2, 0.25) is 0 Å². The lowest BCUT2D eigenvalue weighted by Gasteiger charge is -2.13. The Bertz CT molecular complexity index is 542. The average molecular weight is 286 g/mol. The minimum atomic E-state index is -3.50. The van der Waals surface area contributed by atoms with Gasteiger partial charge in [0, 0.05) is 31.9 Å². The second-order valence-corrected chi connectivity index (χ2v) is 7.17. The van der Waals surface area contributed by atoms with Crippen LogP contribution in [0, 0.1) is 12.8 Å². The predicted octanol–water partition coefficient (Wildman–Crippen LogP) is 0.569. The summed E-state index contributed by atoms with van der Waals surface area (Å²) in [6.45, 7) is 7.49. The molecule has 0 aliphatic carbocycles. The van der Waals surface area contributed by atoms with Crippen molar-refractivity contribution in [2.45, 2.75) is 44.8 Å². The lowest BCUT2D eigenvalue weighted by Crippen LogP contribution is -2.32. The largest absolute Gasteiger partial charge is 0.334 e. The van der Waals surface area contributed by atoms with Gasteiger partial charge in [-0.3, -0.25) is 0 Å². The lowest BCUT2D eigenvalue weighted by molar-refractivity contribution is 0.461. The van der Waals surface area contributed by atoms with Crippen LogP contribution >= 0.6 is 0 Å². The van der Waals surface area contributed by atoms with Gasteiger partial charge in [0.2, 0.25) is 0 Å². The quantitative estimate of drug-likeness (QED) is 0.877. The lowest BCUT2D eigenvalue weighted by atomic mass is 10.1. The molecular formula is C12H22N4O2S. The molecule has 6 nitrogen and oxygen atoms in total. The van der Waals surface area contributed by atoms with Crippen molar-refractivity contribution in [3.05, 3.63) is 12.0 Å². The van der Waals surface area contributed by atoms with Gasteiger partial charge in [-0.25, -0.2) is 13.4 Å². The third-order valence-electron chi connectivity index (χ3n) is 3.66. The highest BCUT2D eigenvalue weighted by molar-refractivity contribution is 7.89. The molecule has 1 aromatic heterocycles. The molecule has 1 fully saturated rings. The fourth-order valence-corrected chi connectivity index (χ4v) is 3.92. The molecule has 2 unspecified atom stereocenters. The number of imidazole rings is 1. The number of sulfonamides is 1. The first-order valence-electron chi connectivity index (χ1n) is 6.65. The number of hydrogen-bond acceptors (Lipinski definition) is 4. The monoisotopic (exact) mass is 286 g/mol. The molecule has 0 spiro atoms. The fraction of sp³-hybridized carbons (Fsp3) is 0.750. The van der Waals surface area contributed by atoms with E-state index in [1.165, 1.54) is 4.31 Å². The minimum absolute atomic E-state index is 0.0893. The van der Waals surface area contributed by atoms with Gasteiger partial charge in [-0.2, -0.15) is 4.31 Å². The van der Waals surface area contributed by atoms with E-state index in [9.17, 15) is 8.42 Å². The van der Waals surface area contributed by atoms with E-state index in [1.54, 1.807) is 6.20 Å². The van der Waals surface area contributed by atoms with E-state index < -0.39 is 10.0 Å². The topological polar surface area (TPSA) is 81.2 Å². The van der Waals surface area contributed by atoms with Crippen LogP contribution < -0.4 is 5.73 Å². The van der Waals surface area contributed by atoms with Crippen LogP contribution in [-0.2, 0) is 16.6 Å². The Morgan fingerprint density at radius 2 is 2.16 bits per heavy atom. The molecule has 0 aromatic carbocycles. The maximum absolute atomic E-state index is 12.5. The highest BCUT2D eigenvalue weighted by Crippen LogP contribution is 2.23. The summed E-state index contributed by atoms with van der Waals surface area (Å²) in [4.78, 5) is 4.19. The van der Waals surface area contributed by atoms with Crippen LogP contribution in [0.15, 0.2) is 11.2 Å². The highest BCUT2D eigenvalue weighted by atomic mass is 32.2. The molecule has 1 saturated heterocycles. The van der Waals surface area contributed by atoms with Crippen LogP contribution in [0.4, 0.5) is 0 Å². The van der Waals surface area contributed by atoms with Gasteiger partial charge in [-0.05, 0) is 19.3 Å². The van der Waals surface area contributed by atoms with Gasteiger partial charge in [0.15, 0.2) is 5.03 Å². The van der Waals surface area contributed by atoms with E-state index in [-0.39, 0.29) is 17.0 Å². The smallest absolute Gasteiger partial charge is 0.262 e. The maximum Gasteiger partial charge on any atom is 0.262 e. The van der Waals surface area contributed by atoms with Gasteiger partial charge in [-0.15, -0.1) is 0 Å². The normalized spacial score (nSPS) is 25.1. The van der Waals surface area contributed by atoms with Gasteiger partial charge in [0.1, 0.15) is 5.82 Å². The zero-order valence-corrected chi connectivity index (χ0v) is 12.5. The summed E-state index contributed by atoms with van der Waals surface area (Å²) in [6.07, 6.45) is 2.57. The summed E-state index contributed by atoms with van der Waals surface area (Å²) in [6, 6.07) is -0.0893. The summed E-state index contributed by atoms with van der Waals surface area (Å²) in [7, 11) is -3.50. The van der Waals surface area contributed by atoms with E-state index >= 15 is 0 Å². The van der Waals surface area contributed by atoms with Gasteiger partial charge < -0.3 is 10.3 Å². The van der Waals surface area contributed by atoms with Gasteiger partial charge in [0.25, 0.3) is 10.0 Å². The Kier molecular flexibility index (Phi) is 3.98. The van der Waals surface area contributed by atoms with Crippen molar-refractivity contribution in [2.24, 2.45) is 11.7 Å². The van der Waals surface area contributed by atoms with E-state index in [0.29, 0.717) is 13.1 Å². The van der Waals surface area contributed by atoms with Crippen molar-refractivity contribution >= 4 is 10.0 Å². The number of hydrogen-bond donors (Lipinski definition) is 1. The first kappa shape index (κ1) is 14.5. The zero-order chi connectivity index (χ0) is 14.2.